The maximum absolute atomic E-state index is 12.9. The Morgan fingerprint density at radius 1 is 0.296 bits per heavy atom. The van der Waals surface area contributed by atoms with E-state index in [9.17, 15) is 14.4 Å². The van der Waals surface area contributed by atoms with Crippen molar-refractivity contribution in [3.8, 4) is 0 Å². The number of carbonyl (C=O) groups is 3. The number of rotatable bonds is 53. The van der Waals surface area contributed by atoms with Crippen LogP contribution in [0.25, 0.3) is 0 Å². The third kappa shape index (κ3) is 57.1. The van der Waals surface area contributed by atoms with Crippen molar-refractivity contribution in [1.82, 2.24) is 0 Å². The Morgan fingerprint density at radius 3 is 0.915 bits per heavy atom. The normalized spacial score (nSPS) is 12.8. The largest absolute Gasteiger partial charge is 0.462 e. The molecular weight excluding hydrogens is 877 g/mol. The fourth-order valence-electron chi connectivity index (χ4n) is 8.20. The Hall–Kier alpha value is -3.67. The average molecular weight is 988 g/mol. The van der Waals surface area contributed by atoms with Gasteiger partial charge in [0, 0.05) is 19.3 Å². The zero-order valence-corrected chi connectivity index (χ0v) is 46.5. The lowest BCUT2D eigenvalue weighted by Gasteiger charge is -2.18. The molecule has 0 radical (unpaired) electrons. The number of unbranched alkanes of at least 4 members (excludes halogenated alkanes) is 26. The van der Waals surface area contributed by atoms with Crippen LogP contribution in [-0.2, 0) is 28.6 Å². The lowest BCUT2D eigenvalue weighted by molar-refractivity contribution is -0.167. The van der Waals surface area contributed by atoms with E-state index >= 15 is 0 Å². The maximum atomic E-state index is 12.9. The molecule has 0 aliphatic rings. The topological polar surface area (TPSA) is 78.9 Å². The third-order valence-electron chi connectivity index (χ3n) is 12.6. The fourth-order valence-corrected chi connectivity index (χ4v) is 8.20. The molecule has 0 amide bonds. The minimum Gasteiger partial charge on any atom is -0.462 e. The smallest absolute Gasteiger partial charge is 0.306 e. The molecule has 6 nitrogen and oxygen atoms in total. The first kappa shape index (κ1) is 67.3. The van der Waals surface area contributed by atoms with Crippen molar-refractivity contribution in [2.75, 3.05) is 13.2 Å². The Labute approximate surface area is 438 Å². The molecule has 71 heavy (non-hydrogen) atoms. The van der Waals surface area contributed by atoms with Crippen LogP contribution in [0, 0.1) is 0 Å². The molecule has 1 atom stereocenters. The van der Waals surface area contributed by atoms with Crippen LogP contribution in [0.3, 0.4) is 0 Å². The molecule has 0 fully saturated rings. The summed E-state index contributed by atoms with van der Waals surface area (Å²) in [5.74, 6) is -0.972. The highest BCUT2D eigenvalue weighted by Gasteiger charge is 2.19. The standard InChI is InChI=1S/C65H110O6/c1-4-7-10-13-16-19-22-25-28-30-31-32-33-35-38-40-43-46-49-52-55-58-64(67)70-61-62(71-65(68)59-56-53-50-47-44-41-36-27-24-21-18-15-12-9-6-3)60-69-63(66)57-54-51-48-45-42-39-37-34-29-26-23-20-17-14-11-8-5-2/h8-9,11-12,17-18,20-21,26-27,29,36-37,39,45,48,62H,4-7,10,13-16,19,22-25,28,30-35,38,40-44,46-47,49-61H2,1-3H3/b11-8-,12-9-,20-17-,21-18-,29-26-,36-27-,39-37-,48-45-/t62-/m1/s1. The van der Waals surface area contributed by atoms with Gasteiger partial charge in [-0.3, -0.25) is 14.4 Å². The first-order valence-electron chi connectivity index (χ1n) is 29.7. The molecule has 0 unspecified atom stereocenters. The SMILES string of the molecule is CC/C=C\C/C=C\C/C=C\C/C=C\C/C=C\CCCC(=O)OC[C@H](COC(=O)CCCCCCCCCCCCCCCCCCCCCCC)OC(=O)CCCCCCC/C=C\C/C=C\C/C=C\CC. The lowest BCUT2D eigenvalue weighted by atomic mass is 10.0. The van der Waals surface area contributed by atoms with Crippen molar-refractivity contribution in [3.63, 3.8) is 0 Å². The van der Waals surface area contributed by atoms with Crippen molar-refractivity contribution in [1.29, 1.82) is 0 Å². The molecule has 0 aromatic carbocycles. The number of hydrogen-bond donors (Lipinski definition) is 0. The predicted octanol–water partition coefficient (Wildman–Crippen LogP) is 20.1. The van der Waals surface area contributed by atoms with Gasteiger partial charge in [0.2, 0.25) is 0 Å². The quantitative estimate of drug-likeness (QED) is 0.0261. The molecule has 0 aromatic heterocycles. The summed E-state index contributed by atoms with van der Waals surface area (Å²) in [6, 6.07) is 0. The van der Waals surface area contributed by atoms with E-state index < -0.39 is 6.10 Å². The van der Waals surface area contributed by atoms with E-state index in [1.807, 2.05) is 0 Å². The van der Waals surface area contributed by atoms with Gasteiger partial charge in [-0.05, 0) is 89.9 Å². The van der Waals surface area contributed by atoms with E-state index in [1.165, 1.54) is 116 Å². The fraction of sp³-hybridized carbons (Fsp3) is 0.708. The Bertz CT molecular complexity index is 1410. The molecule has 0 rings (SSSR count). The van der Waals surface area contributed by atoms with Gasteiger partial charge in [0.25, 0.3) is 0 Å². The zero-order chi connectivity index (χ0) is 51.4. The monoisotopic (exact) mass is 987 g/mol. The molecule has 0 N–H and O–H groups in total. The summed E-state index contributed by atoms with van der Waals surface area (Å²) in [7, 11) is 0. The van der Waals surface area contributed by atoms with Crippen molar-refractivity contribution in [2.24, 2.45) is 0 Å². The third-order valence-corrected chi connectivity index (χ3v) is 12.6. The van der Waals surface area contributed by atoms with Crippen molar-refractivity contribution < 1.29 is 28.6 Å². The van der Waals surface area contributed by atoms with Gasteiger partial charge >= 0.3 is 17.9 Å². The molecule has 6 heteroatoms. The van der Waals surface area contributed by atoms with Gasteiger partial charge < -0.3 is 14.2 Å². The van der Waals surface area contributed by atoms with E-state index in [2.05, 4.69) is 118 Å². The van der Waals surface area contributed by atoms with Crippen LogP contribution >= 0.6 is 0 Å². The first-order valence-corrected chi connectivity index (χ1v) is 29.7. The molecule has 0 aliphatic heterocycles. The summed E-state index contributed by atoms with van der Waals surface area (Å²) in [4.78, 5) is 38.2. The molecule has 0 saturated carbocycles. The summed E-state index contributed by atoms with van der Waals surface area (Å²) < 4.78 is 16.8. The number of esters is 3. The van der Waals surface area contributed by atoms with Crippen molar-refractivity contribution in [3.05, 3.63) is 97.2 Å². The summed E-state index contributed by atoms with van der Waals surface area (Å²) in [5.41, 5.74) is 0. The first-order chi connectivity index (χ1) is 35.0. The van der Waals surface area contributed by atoms with Gasteiger partial charge in [0.05, 0.1) is 0 Å². The van der Waals surface area contributed by atoms with Gasteiger partial charge in [-0.25, -0.2) is 0 Å². The van der Waals surface area contributed by atoms with Gasteiger partial charge in [-0.2, -0.15) is 0 Å². The minimum atomic E-state index is -0.810. The second kappa shape index (κ2) is 58.9. The van der Waals surface area contributed by atoms with Crippen LogP contribution in [0.5, 0.6) is 0 Å². The highest BCUT2D eigenvalue weighted by molar-refractivity contribution is 5.71. The average Bonchev–Trinajstić information content (AvgIpc) is 3.37. The summed E-state index contributed by atoms with van der Waals surface area (Å²) in [5, 5.41) is 0. The lowest BCUT2D eigenvalue weighted by Crippen LogP contribution is -2.30. The van der Waals surface area contributed by atoms with Gasteiger partial charge in [0.1, 0.15) is 13.2 Å². The Balaban J connectivity index is 4.42. The summed E-state index contributed by atoms with van der Waals surface area (Å²) in [6.45, 7) is 6.37. The molecule has 0 spiro atoms. The zero-order valence-electron chi connectivity index (χ0n) is 46.5. The van der Waals surface area contributed by atoms with Gasteiger partial charge in [-0.1, -0.05) is 266 Å². The van der Waals surface area contributed by atoms with Crippen molar-refractivity contribution >= 4 is 17.9 Å². The van der Waals surface area contributed by atoms with Crippen LogP contribution < -0.4 is 0 Å². The van der Waals surface area contributed by atoms with Crippen molar-refractivity contribution in [2.45, 2.75) is 284 Å². The van der Waals surface area contributed by atoms with E-state index in [1.54, 1.807) is 0 Å². The van der Waals surface area contributed by atoms with Gasteiger partial charge in [0.15, 0.2) is 6.10 Å². The molecule has 0 saturated heterocycles. The molecule has 0 bridgehead atoms. The number of allylic oxidation sites excluding steroid dienone is 16. The van der Waals surface area contributed by atoms with Crippen LogP contribution in [0.1, 0.15) is 278 Å². The Morgan fingerprint density at radius 2 is 0.563 bits per heavy atom. The Kier molecular flexibility index (Phi) is 55.9. The molecule has 0 aliphatic carbocycles. The van der Waals surface area contributed by atoms with Gasteiger partial charge in [-0.15, -0.1) is 0 Å². The second-order valence-electron chi connectivity index (χ2n) is 19.5. The van der Waals surface area contributed by atoms with Crippen LogP contribution in [-0.4, -0.2) is 37.2 Å². The van der Waals surface area contributed by atoms with Crippen LogP contribution in [0.2, 0.25) is 0 Å². The van der Waals surface area contributed by atoms with E-state index in [-0.39, 0.29) is 37.5 Å². The number of carbonyl (C=O) groups excluding carboxylic acids is 3. The van der Waals surface area contributed by atoms with Crippen LogP contribution in [0.4, 0.5) is 0 Å². The van der Waals surface area contributed by atoms with E-state index in [4.69, 9.17) is 14.2 Å². The highest BCUT2D eigenvalue weighted by atomic mass is 16.6. The molecular formula is C65H110O6. The van der Waals surface area contributed by atoms with E-state index in [0.717, 1.165) is 116 Å². The number of ether oxygens (including phenoxy) is 3. The predicted molar refractivity (Wildman–Crippen MR) is 307 cm³/mol. The summed E-state index contributed by atoms with van der Waals surface area (Å²) in [6.07, 6.45) is 78.4. The van der Waals surface area contributed by atoms with E-state index in [0.29, 0.717) is 19.3 Å². The minimum absolute atomic E-state index is 0.101. The second-order valence-corrected chi connectivity index (χ2v) is 19.5. The molecule has 406 valence electrons. The molecule has 0 aromatic rings. The summed E-state index contributed by atoms with van der Waals surface area (Å²) >= 11 is 0. The number of hydrogen-bond acceptors (Lipinski definition) is 6. The molecule has 0 heterocycles. The highest BCUT2D eigenvalue weighted by Crippen LogP contribution is 2.16. The van der Waals surface area contributed by atoms with Crippen LogP contribution in [0.15, 0.2) is 97.2 Å². The maximum Gasteiger partial charge on any atom is 0.306 e.